The summed E-state index contributed by atoms with van der Waals surface area (Å²) in [5.41, 5.74) is 2.59. The second-order valence-electron chi connectivity index (χ2n) is 3.90. The Balaban J connectivity index is 2.16. The number of hydrazine groups is 1. The van der Waals surface area contributed by atoms with Crippen molar-refractivity contribution < 1.29 is 13.2 Å². The molecule has 1 aromatic heterocycles. The molecular weight excluding hydrogens is 239 g/mol. The molecular formula is C9H12F3N3S. The number of nitrogens with zero attached hydrogens (tertiary/aromatic N) is 1. The number of rotatable bonds is 3. The summed E-state index contributed by atoms with van der Waals surface area (Å²) in [4.78, 5) is 3.96. The monoisotopic (exact) mass is 251 g/mol. The lowest BCUT2D eigenvalue weighted by Crippen LogP contribution is -2.35. The van der Waals surface area contributed by atoms with Gasteiger partial charge in [-0.25, -0.2) is 4.98 Å². The van der Waals surface area contributed by atoms with E-state index in [-0.39, 0.29) is 6.04 Å². The first kappa shape index (κ1) is 11.8. The largest absolute Gasteiger partial charge is 0.443 e. The smallest absolute Gasteiger partial charge is 0.271 e. The van der Waals surface area contributed by atoms with Gasteiger partial charge in [-0.1, -0.05) is 6.42 Å². The zero-order valence-electron chi connectivity index (χ0n) is 8.42. The number of nitrogens with two attached hydrogens (primary N) is 1. The van der Waals surface area contributed by atoms with Crippen LogP contribution in [0.2, 0.25) is 0 Å². The zero-order chi connectivity index (χ0) is 11.8. The van der Waals surface area contributed by atoms with Crippen molar-refractivity contribution in [2.45, 2.75) is 31.5 Å². The fourth-order valence-corrected chi connectivity index (χ4v) is 2.72. The maximum Gasteiger partial charge on any atom is 0.443 e. The van der Waals surface area contributed by atoms with Crippen molar-refractivity contribution in [3.05, 3.63) is 16.1 Å². The van der Waals surface area contributed by atoms with Crippen molar-refractivity contribution in [1.82, 2.24) is 10.4 Å². The van der Waals surface area contributed by atoms with E-state index in [4.69, 9.17) is 5.84 Å². The normalized spacial score (nSPS) is 19.5. The van der Waals surface area contributed by atoms with Crippen LogP contribution in [-0.2, 0) is 6.18 Å². The van der Waals surface area contributed by atoms with Crippen molar-refractivity contribution >= 4 is 11.3 Å². The van der Waals surface area contributed by atoms with Crippen LogP contribution in [0, 0.1) is 5.92 Å². The van der Waals surface area contributed by atoms with Crippen molar-refractivity contribution in [2.24, 2.45) is 11.8 Å². The van der Waals surface area contributed by atoms with E-state index in [9.17, 15) is 13.2 Å². The average Bonchev–Trinajstić information content (AvgIpc) is 2.58. The van der Waals surface area contributed by atoms with Crippen molar-refractivity contribution in [3.63, 3.8) is 0 Å². The van der Waals surface area contributed by atoms with Gasteiger partial charge >= 0.3 is 6.18 Å². The highest BCUT2D eigenvalue weighted by Gasteiger charge is 2.36. The van der Waals surface area contributed by atoms with Crippen LogP contribution in [0.25, 0.3) is 0 Å². The molecule has 16 heavy (non-hydrogen) atoms. The topological polar surface area (TPSA) is 50.9 Å². The highest BCUT2D eigenvalue weighted by molar-refractivity contribution is 7.11. The first-order valence-corrected chi connectivity index (χ1v) is 5.83. The van der Waals surface area contributed by atoms with E-state index in [1.54, 1.807) is 0 Å². The van der Waals surface area contributed by atoms with Crippen LogP contribution in [0.15, 0.2) is 6.20 Å². The van der Waals surface area contributed by atoms with Gasteiger partial charge in [-0.15, -0.1) is 11.3 Å². The molecule has 1 atom stereocenters. The molecule has 1 saturated carbocycles. The predicted octanol–water partition coefficient (Wildman–Crippen LogP) is 2.47. The first-order valence-electron chi connectivity index (χ1n) is 5.01. The highest BCUT2D eigenvalue weighted by Crippen LogP contribution is 2.41. The predicted molar refractivity (Wildman–Crippen MR) is 54.5 cm³/mol. The molecule has 0 amide bonds. The first-order chi connectivity index (χ1) is 7.52. The van der Waals surface area contributed by atoms with Gasteiger partial charge in [0, 0.05) is 11.1 Å². The molecule has 90 valence electrons. The molecule has 3 N–H and O–H groups in total. The van der Waals surface area contributed by atoms with Crippen molar-refractivity contribution in [1.29, 1.82) is 0 Å². The Kier molecular flexibility index (Phi) is 3.18. The van der Waals surface area contributed by atoms with Gasteiger partial charge in [0.15, 0.2) is 5.01 Å². The maximum absolute atomic E-state index is 12.4. The summed E-state index contributed by atoms with van der Waals surface area (Å²) in [5, 5.41) is -0.804. The molecule has 1 fully saturated rings. The van der Waals surface area contributed by atoms with Crippen molar-refractivity contribution in [2.75, 3.05) is 0 Å². The molecule has 0 bridgehead atoms. The summed E-state index contributed by atoms with van der Waals surface area (Å²) in [6, 6.07) is -0.192. The van der Waals surface area contributed by atoms with Gasteiger partial charge in [0.25, 0.3) is 0 Å². The van der Waals surface area contributed by atoms with Gasteiger partial charge in [-0.3, -0.25) is 11.3 Å². The Hall–Kier alpha value is -0.660. The van der Waals surface area contributed by atoms with E-state index < -0.39 is 11.2 Å². The summed E-state index contributed by atoms with van der Waals surface area (Å²) < 4.78 is 37.1. The van der Waals surface area contributed by atoms with E-state index in [2.05, 4.69) is 10.4 Å². The van der Waals surface area contributed by atoms with E-state index in [1.807, 2.05) is 0 Å². The van der Waals surface area contributed by atoms with Crippen LogP contribution in [0.4, 0.5) is 13.2 Å². The van der Waals surface area contributed by atoms with Gasteiger partial charge in [0.1, 0.15) is 0 Å². The van der Waals surface area contributed by atoms with Gasteiger partial charge < -0.3 is 0 Å². The third kappa shape index (κ3) is 2.21. The Morgan fingerprint density at radius 3 is 2.56 bits per heavy atom. The van der Waals surface area contributed by atoms with Crippen LogP contribution in [0.3, 0.4) is 0 Å². The molecule has 1 aliphatic carbocycles. The van der Waals surface area contributed by atoms with Gasteiger partial charge in [0.05, 0.1) is 6.04 Å². The van der Waals surface area contributed by atoms with E-state index in [1.165, 1.54) is 6.20 Å². The van der Waals surface area contributed by atoms with Crippen LogP contribution < -0.4 is 11.3 Å². The SMILES string of the molecule is NNC(c1cnc(C(F)(F)F)s1)C1CCC1. The molecule has 1 unspecified atom stereocenters. The maximum atomic E-state index is 12.4. The third-order valence-electron chi connectivity index (χ3n) is 2.87. The van der Waals surface area contributed by atoms with Gasteiger partial charge in [-0.2, -0.15) is 13.2 Å². The summed E-state index contributed by atoms with van der Waals surface area (Å²) >= 11 is 0.671. The number of aromatic nitrogens is 1. The Labute approximate surface area is 94.8 Å². The fourth-order valence-electron chi connectivity index (χ4n) is 1.79. The highest BCUT2D eigenvalue weighted by atomic mass is 32.1. The molecule has 7 heteroatoms. The lowest BCUT2D eigenvalue weighted by molar-refractivity contribution is -0.137. The Bertz CT molecular complexity index is 359. The molecule has 0 aliphatic heterocycles. The lowest BCUT2D eigenvalue weighted by Gasteiger charge is -2.32. The minimum atomic E-state index is -4.36. The fraction of sp³-hybridized carbons (Fsp3) is 0.667. The minimum absolute atomic E-state index is 0.192. The van der Waals surface area contributed by atoms with Crippen molar-refractivity contribution in [3.8, 4) is 0 Å². The second-order valence-corrected chi connectivity index (χ2v) is 4.96. The standard InChI is InChI=1S/C9H12F3N3S/c10-9(11,12)8-14-4-6(16-8)7(15-13)5-2-1-3-5/h4-5,7,15H,1-3,13H2. The molecule has 0 saturated heterocycles. The summed E-state index contributed by atoms with van der Waals surface area (Å²) in [5.74, 6) is 5.72. The molecule has 0 spiro atoms. The molecule has 1 aliphatic rings. The number of thiazole rings is 1. The Morgan fingerprint density at radius 1 is 1.50 bits per heavy atom. The van der Waals surface area contributed by atoms with Crippen LogP contribution in [0.5, 0.6) is 0 Å². The summed E-state index contributed by atoms with van der Waals surface area (Å²) in [7, 11) is 0. The average molecular weight is 251 g/mol. The molecule has 1 aromatic rings. The molecule has 0 aromatic carbocycles. The molecule has 0 radical (unpaired) electrons. The third-order valence-corrected chi connectivity index (χ3v) is 4.00. The molecule has 3 nitrogen and oxygen atoms in total. The Morgan fingerprint density at radius 2 is 2.19 bits per heavy atom. The number of halogens is 3. The minimum Gasteiger partial charge on any atom is -0.271 e. The molecule has 1 heterocycles. The van der Waals surface area contributed by atoms with Crippen LogP contribution in [0.1, 0.15) is 35.2 Å². The van der Waals surface area contributed by atoms with Gasteiger partial charge in [-0.05, 0) is 18.8 Å². The summed E-state index contributed by atoms with van der Waals surface area (Å²) in [6.07, 6.45) is 0.0496. The lowest BCUT2D eigenvalue weighted by atomic mass is 9.79. The van der Waals surface area contributed by atoms with Crippen LogP contribution >= 0.6 is 11.3 Å². The van der Waals surface area contributed by atoms with E-state index in [0.717, 1.165) is 19.3 Å². The summed E-state index contributed by atoms with van der Waals surface area (Å²) in [6.45, 7) is 0. The van der Waals surface area contributed by atoms with Crippen LogP contribution in [-0.4, -0.2) is 4.98 Å². The quantitative estimate of drug-likeness (QED) is 0.641. The van der Waals surface area contributed by atoms with E-state index in [0.29, 0.717) is 22.1 Å². The van der Waals surface area contributed by atoms with E-state index >= 15 is 0 Å². The number of alkyl halides is 3. The number of hydrogen-bond acceptors (Lipinski definition) is 4. The zero-order valence-corrected chi connectivity index (χ0v) is 9.24. The molecule has 2 rings (SSSR count). The van der Waals surface area contributed by atoms with Gasteiger partial charge in [0.2, 0.25) is 0 Å². The second kappa shape index (κ2) is 4.31. The number of hydrogen-bond donors (Lipinski definition) is 2. The number of nitrogens with one attached hydrogen (secondary N) is 1.